The second kappa shape index (κ2) is 11.1. The van der Waals surface area contributed by atoms with E-state index in [-0.39, 0.29) is 0 Å². The predicted octanol–water partition coefficient (Wildman–Crippen LogP) is 13.3. The average Bonchev–Trinajstić information content (AvgIpc) is 3.60. The van der Waals surface area contributed by atoms with Crippen LogP contribution in [0.2, 0.25) is 0 Å². The lowest BCUT2D eigenvalue weighted by atomic mass is 9.85. The van der Waals surface area contributed by atoms with Crippen LogP contribution in [-0.4, -0.2) is 9.55 Å². The Kier molecular flexibility index (Phi) is 6.23. The van der Waals surface area contributed by atoms with Crippen molar-refractivity contribution in [1.82, 2.24) is 9.55 Å². The van der Waals surface area contributed by atoms with Crippen molar-refractivity contribution in [3.63, 3.8) is 0 Å². The number of hydrogen-bond donors (Lipinski definition) is 0. The molecule has 0 unspecified atom stereocenters. The zero-order valence-electron chi connectivity index (χ0n) is 28.7. The number of fused-ring (bicyclic) bond motifs is 7. The third kappa shape index (κ3) is 4.11. The van der Waals surface area contributed by atoms with E-state index in [0.717, 1.165) is 46.0 Å². The van der Waals surface area contributed by atoms with Crippen LogP contribution in [0.15, 0.2) is 170 Å². The molecule has 0 saturated heterocycles. The highest BCUT2D eigenvalue weighted by molar-refractivity contribution is 6.22. The van der Waals surface area contributed by atoms with E-state index in [9.17, 15) is 0 Å². The lowest BCUT2D eigenvalue weighted by Crippen LogP contribution is -2.19. The minimum absolute atomic E-state index is 0.849. The highest BCUT2D eigenvalue weighted by Crippen LogP contribution is 2.50. The molecule has 1 aromatic heterocycles. The Labute approximate surface area is 301 Å². The largest absolute Gasteiger partial charge is 0.306 e. The Bertz CT molecular complexity index is 3010. The number of hydrogen-bond acceptors (Lipinski definition) is 2. The Morgan fingerprint density at radius 3 is 1.71 bits per heavy atom. The van der Waals surface area contributed by atoms with Crippen LogP contribution in [0.1, 0.15) is 12.7 Å². The first-order valence-electron chi connectivity index (χ1n) is 18.1. The van der Waals surface area contributed by atoms with Gasteiger partial charge in [0.25, 0.3) is 0 Å². The van der Waals surface area contributed by atoms with Crippen molar-refractivity contribution in [2.45, 2.75) is 13.3 Å². The maximum Gasteiger partial charge on any atom is 0.114 e. The average molecular weight is 664 g/mol. The number of imidazole rings is 1. The van der Waals surface area contributed by atoms with Crippen molar-refractivity contribution in [2.24, 2.45) is 0 Å². The molecular formula is C49H33N3. The molecule has 0 fully saturated rings. The second-order valence-electron chi connectivity index (χ2n) is 13.8. The van der Waals surface area contributed by atoms with Gasteiger partial charge in [0.1, 0.15) is 5.82 Å². The van der Waals surface area contributed by atoms with Crippen LogP contribution in [0.4, 0.5) is 17.1 Å². The molecule has 0 saturated carbocycles. The number of rotatable bonds is 4. The van der Waals surface area contributed by atoms with E-state index in [4.69, 9.17) is 4.98 Å². The molecule has 0 atom stereocenters. The monoisotopic (exact) mass is 663 g/mol. The second-order valence-corrected chi connectivity index (χ2v) is 13.8. The lowest BCUT2D eigenvalue weighted by Gasteiger charge is -2.33. The summed E-state index contributed by atoms with van der Waals surface area (Å²) in [5, 5.41) is 10.1. The molecule has 0 spiro atoms. The summed E-state index contributed by atoms with van der Waals surface area (Å²) in [6, 6.07) is 62.3. The van der Waals surface area contributed by atoms with Crippen LogP contribution < -0.4 is 4.90 Å². The van der Waals surface area contributed by atoms with E-state index < -0.39 is 0 Å². The predicted molar refractivity (Wildman–Crippen MR) is 220 cm³/mol. The molecule has 11 rings (SSSR count). The summed E-state index contributed by atoms with van der Waals surface area (Å²) in [6.07, 6.45) is 0.849. The quantitative estimate of drug-likeness (QED) is 0.138. The number of aryl methyl sites for hydroxylation is 1. The maximum absolute atomic E-state index is 5.10. The van der Waals surface area contributed by atoms with E-state index in [0.29, 0.717) is 0 Å². The van der Waals surface area contributed by atoms with Gasteiger partial charge in [-0.05, 0) is 108 Å². The fourth-order valence-electron chi connectivity index (χ4n) is 8.77. The Morgan fingerprint density at radius 2 is 1.02 bits per heavy atom. The van der Waals surface area contributed by atoms with Crippen molar-refractivity contribution in [1.29, 1.82) is 0 Å². The first-order valence-corrected chi connectivity index (χ1v) is 18.1. The van der Waals surface area contributed by atoms with Gasteiger partial charge in [-0.3, -0.25) is 4.57 Å². The minimum Gasteiger partial charge on any atom is -0.306 e. The van der Waals surface area contributed by atoms with Crippen LogP contribution >= 0.6 is 0 Å². The van der Waals surface area contributed by atoms with E-state index in [1.807, 2.05) is 0 Å². The summed E-state index contributed by atoms with van der Waals surface area (Å²) in [7, 11) is 0. The number of benzene rings is 9. The van der Waals surface area contributed by atoms with Crippen LogP contribution in [0.5, 0.6) is 0 Å². The molecule has 1 aliphatic rings. The fraction of sp³-hybridized carbons (Fsp3) is 0.0408. The number of aromatic nitrogens is 2. The van der Waals surface area contributed by atoms with Gasteiger partial charge in [-0.1, -0.05) is 134 Å². The van der Waals surface area contributed by atoms with Crippen molar-refractivity contribution in [2.75, 3.05) is 4.90 Å². The molecular weight excluding hydrogens is 631 g/mol. The SMILES string of the molecule is CCc1nc2cccc3c2n1-c1ccc(-c2c4ccccc4c(-c4ccc5ccc6ccccc6c5c4)c4ccccc24)cc1N3c1ccccc1. The summed E-state index contributed by atoms with van der Waals surface area (Å²) < 4.78 is 2.38. The standard InChI is InChI=1S/C49H33N3/c1-2-46-50-42-21-12-22-44-49(42)52(46)43-28-27-34(30-45(43)51(44)35-14-4-3-5-15-35)48-39-19-10-8-17-37(39)47(38-18-9-11-20-40(38)48)33-26-25-32-24-23-31-13-6-7-16-36(31)41(32)29-33/h3-30H,2H2,1H3. The third-order valence-corrected chi connectivity index (χ3v) is 11.0. The molecule has 3 heteroatoms. The van der Waals surface area contributed by atoms with Gasteiger partial charge in [0.2, 0.25) is 0 Å². The summed E-state index contributed by atoms with van der Waals surface area (Å²) in [6.45, 7) is 2.19. The van der Waals surface area contributed by atoms with Gasteiger partial charge >= 0.3 is 0 Å². The van der Waals surface area contributed by atoms with Gasteiger partial charge in [0.05, 0.1) is 28.1 Å². The van der Waals surface area contributed by atoms with Gasteiger partial charge in [-0.2, -0.15) is 0 Å². The molecule has 0 radical (unpaired) electrons. The normalized spacial score (nSPS) is 12.4. The molecule has 0 amide bonds. The highest BCUT2D eigenvalue weighted by atomic mass is 15.2. The summed E-state index contributed by atoms with van der Waals surface area (Å²) in [5.74, 6) is 1.08. The molecule has 1 aliphatic heterocycles. The third-order valence-electron chi connectivity index (χ3n) is 11.0. The Balaban J connectivity index is 1.20. The molecule has 0 N–H and O–H groups in total. The van der Waals surface area contributed by atoms with Crippen molar-refractivity contribution < 1.29 is 0 Å². The zero-order valence-corrected chi connectivity index (χ0v) is 28.7. The van der Waals surface area contributed by atoms with Gasteiger partial charge in [0, 0.05) is 12.1 Å². The van der Waals surface area contributed by atoms with Crippen molar-refractivity contribution in [3.05, 3.63) is 176 Å². The first-order chi connectivity index (χ1) is 25.8. The molecule has 2 heterocycles. The summed E-state index contributed by atoms with van der Waals surface area (Å²) in [5.41, 5.74) is 11.7. The summed E-state index contributed by atoms with van der Waals surface area (Å²) >= 11 is 0. The first kappa shape index (κ1) is 29.1. The molecule has 3 nitrogen and oxygen atoms in total. The fourth-order valence-corrected chi connectivity index (χ4v) is 8.77. The van der Waals surface area contributed by atoms with Crippen LogP contribution in [0.3, 0.4) is 0 Å². The Morgan fingerprint density at radius 1 is 0.442 bits per heavy atom. The van der Waals surface area contributed by atoms with Gasteiger partial charge in [-0.15, -0.1) is 0 Å². The zero-order chi connectivity index (χ0) is 34.3. The lowest BCUT2D eigenvalue weighted by molar-refractivity contribution is 0.900. The van der Waals surface area contributed by atoms with Crippen LogP contribution in [-0.2, 0) is 6.42 Å². The highest BCUT2D eigenvalue weighted by Gasteiger charge is 2.29. The van der Waals surface area contributed by atoms with Gasteiger partial charge < -0.3 is 4.90 Å². The van der Waals surface area contributed by atoms with E-state index in [1.54, 1.807) is 0 Å². The number of nitrogens with zero attached hydrogens (tertiary/aromatic N) is 3. The molecule has 0 bridgehead atoms. The maximum atomic E-state index is 5.10. The minimum atomic E-state index is 0.849. The smallest absolute Gasteiger partial charge is 0.114 e. The molecule has 0 aliphatic carbocycles. The molecule has 244 valence electrons. The van der Waals surface area contributed by atoms with Crippen molar-refractivity contribution >= 4 is 71.2 Å². The van der Waals surface area contributed by atoms with Gasteiger partial charge in [0.15, 0.2) is 0 Å². The van der Waals surface area contributed by atoms with E-state index in [2.05, 4.69) is 186 Å². The molecule has 52 heavy (non-hydrogen) atoms. The summed E-state index contributed by atoms with van der Waals surface area (Å²) in [4.78, 5) is 7.52. The topological polar surface area (TPSA) is 21.1 Å². The molecule has 9 aromatic carbocycles. The Hall–Kier alpha value is -6.71. The van der Waals surface area contributed by atoms with E-state index >= 15 is 0 Å². The van der Waals surface area contributed by atoms with Crippen LogP contribution in [0.25, 0.3) is 82.1 Å². The number of para-hydroxylation sites is 2. The van der Waals surface area contributed by atoms with E-state index in [1.165, 1.54) is 65.3 Å². The van der Waals surface area contributed by atoms with Gasteiger partial charge in [-0.25, -0.2) is 4.98 Å². The van der Waals surface area contributed by atoms with Crippen LogP contribution in [0, 0.1) is 0 Å². The van der Waals surface area contributed by atoms with Crippen molar-refractivity contribution in [3.8, 4) is 27.9 Å². The molecule has 10 aromatic rings. The number of anilines is 3.